The topological polar surface area (TPSA) is 94.0 Å². The summed E-state index contributed by atoms with van der Waals surface area (Å²) in [5, 5.41) is 24.3. The molecule has 0 fully saturated rings. The number of benzene rings is 1. The summed E-state index contributed by atoms with van der Waals surface area (Å²) in [7, 11) is 1.51. The highest BCUT2D eigenvalue weighted by atomic mass is 16.6. The number of nitriles is 1. The molecule has 0 amide bonds. The minimum Gasteiger partial charge on any atom is -0.497 e. The van der Waals surface area contributed by atoms with Crippen LogP contribution < -0.4 is 4.74 Å². The molecule has 0 radical (unpaired) electrons. The Hall–Kier alpha value is -2.88. The number of hydrogen-bond acceptors (Lipinski definition) is 5. The van der Waals surface area contributed by atoms with Gasteiger partial charge >= 0.3 is 5.69 Å². The van der Waals surface area contributed by atoms with E-state index < -0.39 is 4.92 Å². The molecule has 0 aliphatic carbocycles. The predicted molar refractivity (Wildman–Crippen MR) is 71.0 cm³/mol. The van der Waals surface area contributed by atoms with E-state index >= 15 is 0 Å². The number of nitro groups is 1. The van der Waals surface area contributed by atoms with Gasteiger partial charge in [-0.15, -0.1) is 0 Å². The van der Waals surface area contributed by atoms with Crippen LogP contribution in [0, 0.1) is 35.3 Å². The van der Waals surface area contributed by atoms with Gasteiger partial charge in [-0.3, -0.25) is 10.1 Å². The third-order valence-corrected chi connectivity index (χ3v) is 2.99. The smallest absolute Gasteiger partial charge is 0.313 e. The number of methoxy groups -OCH3 is 1. The largest absolute Gasteiger partial charge is 0.497 e. The van der Waals surface area contributed by atoms with Crippen LogP contribution in [0.5, 0.6) is 5.75 Å². The molecular formula is C13H12N4O3. The molecule has 0 spiro atoms. The molecule has 7 heteroatoms. The standard InChI is InChI=1S/C13H12N4O3/c1-8-13(17(18)19)9(2)16(15-8)12-6-11(20-3)5-4-10(12)7-14/h4-6H,1-3H3. The molecule has 0 aliphatic heterocycles. The molecule has 1 heterocycles. The SMILES string of the molecule is COc1ccc(C#N)c(-n2nc(C)c([N+](=O)[O-])c2C)c1. The van der Waals surface area contributed by atoms with Crippen LogP contribution in [0.3, 0.4) is 0 Å². The van der Waals surface area contributed by atoms with Gasteiger partial charge < -0.3 is 4.74 Å². The van der Waals surface area contributed by atoms with Crippen molar-refractivity contribution in [2.75, 3.05) is 7.11 Å². The number of rotatable bonds is 3. The van der Waals surface area contributed by atoms with E-state index in [1.807, 2.05) is 6.07 Å². The molecule has 20 heavy (non-hydrogen) atoms. The summed E-state index contributed by atoms with van der Waals surface area (Å²) in [5.41, 5.74) is 1.46. The molecule has 7 nitrogen and oxygen atoms in total. The van der Waals surface area contributed by atoms with Gasteiger partial charge in [-0.1, -0.05) is 0 Å². The summed E-state index contributed by atoms with van der Waals surface area (Å²) in [6, 6.07) is 6.92. The zero-order chi connectivity index (χ0) is 14.9. The van der Waals surface area contributed by atoms with Crippen LogP contribution >= 0.6 is 0 Å². The fourth-order valence-electron chi connectivity index (χ4n) is 2.04. The van der Waals surface area contributed by atoms with E-state index in [2.05, 4.69) is 5.10 Å². The van der Waals surface area contributed by atoms with Crippen molar-refractivity contribution in [3.05, 3.63) is 45.3 Å². The van der Waals surface area contributed by atoms with Crippen molar-refractivity contribution in [1.29, 1.82) is 5.26 Å². The van der Waals surface area contributed by atoms with E-state index in [9.17, 15) is 10.1 Å². The van der Waals surface area contributed by atoms with Gasteiger partial charge in [0, 0.05) is 6.07 Å². The van der Waals surface area contributed by atoms with Crippen molar-refractivity contribution in [2.24, 2.45) is 0 Å². The summed E-state index contributed by atoms with van der Waals surface area (Å²) < 4.78 is 6.51. The lowest BCUT2D eigenvalue weighted by Gasteiger charge is -2.08. The quantitative estimate of drug-likeness (QED) is 0.631. The fourth-order valence-corrected chi connectivity index (χ4v) is 2.04. The molecule has 0 unspecified atom stereocenters. The molecule has 2 rings (SSSR count). The van der Waals surface area contributed by atoms with Crippen molar-refractivity contribution in [3.8, 4) is 17.5 Å². The second-order valence-corrected chi connectivity index (χ2v) is 4.18. The van der Waals surface area contributed by atoms with Crippen LogP contribution in [0.25, 0.3) is 5.69 Å². The molecule has 0 saturated carbocycles. The summed E-state index contributed by atoms with van der Waals surface area (Å²) in [5.74, 6) is 0.550. The van der Waals surface area contributed by atoms with Gasteiger partial charge in [0.05, 0.1) is 23.3 Å². The maximum Gasteiger partial charge on any atom is 0.313 e. The minimum absolute atomic E-state index is 0.0447. The van der Waals surface area contributed by atoms with Gasteiger partial charge in [0.25, 0.3) is 0 Å². The first-order valence-electron chi connectivity index (χ1n) is 5.78. The van der Waals surface area contributed by atoms with Crippen LogP contribution in [-0.2, 0) is 0 Å². The Morgan fingerprint density at radius 3 is 2.65 bits per heavy atom. The summed E-state index contributed by atoms with van der Waals surface area (Å²) in [4.78, 5) is 10.6. The molecule has 0 bridgehead atoms. The third kappa shape index (κ3) is 2.07. The summed E-state index contributed by atoms with van der Waals surface area (Å²) in [6.07, 6.45) is 0. The molecule has 0 saturated heterocycles. The lowest BCUT2D eigenvalue weighted by molar-refractivity contribution is -0.386. The minimum atomic E-state index is -0.472. The Morgan fingerprint density at radius 2 is 2.15 bits per heavy atom. The molecule has 1 aromatic heterocycles. The number of nitrogens with zero attached hydrogens (tertiary/aromatic N) is 4. The molecule has 102 valence electrons. The van der Waals surface area contributed by atoms with Crippen molar-refractivity contribution >= 4 is 5.69 Å². The molecule has 2 aromatic rings. The number of aryl methyl sites for hydroxylation is 1. The van der Waals surface area contributed by atoms with Gasteiger partial charge in [-0.05, 0) is 26.0 Å². The zero-order valence-corrected chi connectivity index (χ0v) is 11.2. The second-order valence-electron chi connectivity index (χ2n) is 4.18. The van der Waals surface area contributed by atoms with Crippen LogP contribution in [-0.4, -0.2) is 21.8 Å². The van der Waals surface area contributed by atoms with E-state index in [0.717, 1.165) is 0 Å². The van der Waals surface area contributed by atoms with Gasteiger partial charge in [-0.25, -0.2) is 4.68 Å². The number of hydrogen-bond donors (Lipinski definition) is 0. The van der Waals surface area contributed by atoms with Crippen LogP contribution in [0.1, 0.15) is 17.0 Å². The zero-order valence-electron chi connectivity index (χ0n) is 11.2. The highest BCUT2D eigenvalue weighted by Crippen LogP contribution is 2.28. The van der Waals surface area contributed by atoms with Gasteiger partial charge in [0.15, 0.2) is 0 Å². The van der Waals surface area contributed by atoms with Gasteiger partial charge in [0.1, 0.15) is 23.2 Å². The van der Waals surface area contributed by atoms with Gasteiger partial charge in [-0.2, -0.15) is 10.4 Å². The molecule has 0 atom stereocenters. The van der Waals surface area contributed by atoms with Crippen molar-refractivity contribution in [2.45, 2.75) is 13.8 Å². The average Bonchev–Trinajstić information content (AvgIpc) is 2.73. The Bertz CT molecular complexity index is 728. The normalized spacial score (nSPS) is 10.1. The van der Waals surface area contributed by atoms with E-state index in [1.54, 1.807) is 32.0 Å². The summed E-state index contributed by atoms with van der Waals surface area (Å²) >= 11 is 0. The van der Waals surface area contributed by atoms with Crippen molar-refractivity contribution in [3.63, 3.8) is 0 Å². The van der Waals surface area contributed by atoms with Crippen molar-refractivity contribution < 1.29 is 9.66 Å². The Balaban J connectivity index is 2.72. The molecule has 0 aliphatic rings. The number of aromatic nitrogens is 2. The maximum absolute atomic E-state index is 11.0. The first-order valence-corrected chi connectivity index (χ1v) is 5.78. The maximum atomic E-state index is 11.0. The fraction of sp³-hybridized carbons (Fsp3) is 0.231. The highest BCUT2D eigenvalue weighted by Gasteiger charge is 2.23. The summed E-state index contributed by atoms with van der Waals surface area (Å²) in [6.45, 7) is 3.16. The van der Waals surface area contributed by atoms with E-state index in [-0.39, 0.29) is 5.69 Å². The Morgan fingerprint density at radius 1 is 1.45 bits per heavy atom. The van der Waals surface area contributed by atoms with Crippen LogP contribution in [0.2, 0.25) is 0 Å². The lowest BCUT2D eigenvalue weighted by Crippen LogP contribution is -2.03. The predicted octanol–water partition coefficient (Wildman–Crippen LogP) is 2.28. The average molecular weight is 272 g/mol. The van der Waals surface area contributed by atoms with Crippen LogP contribution in [0.4, 0.5) is 5.69 Å². The van der Waals surface area contributed by atoms with E-state index in [1.165, 1.54) is 11.8 Å². The van der Waals surface area contributed by atoms with Gasteiger partial charge in [0.2, 0.25) is 0 Å². The van der Waals surface area contributed by atoms with Crippen LogP contribution in [0.15, 0.2) is 18.2 Å². The first-order chi connectivity index (χ1) is 9.49. The Kier molecular flexibility index (Phi) is 3.39. The van der Waals surface area contributed by atoms with Crippen molar-refractivity contribution in [1.82, 2.24) is 9.78 Å². The molecule has 0 N–H and O–H groups in total. The first kappa shape index (κ1) is 13.5. The second kappa shape index (κ2) is 5.01. The van der Waals surface area contributed by atoms with E-state index in [0.29, 0.717) is 28.4 Å². The highest BCUT2D eigenvalue weighted by molar-refractivity contribution is 5.55. The molecular weight excluding hydrogens is 260 g/mol. The number of ether oxygens (including phenoxy) is 1. The molecule has 1 aromatic carbocycles. The lowest BCUT2D eigenvalue weighted by atomic mass is 10.2. The Labute approximate surface area is 115 Å². The van der Waals surface area contributed by atoms with E-state index in [4.69, 9.17) is 10.00 Å². The monoisotopic (exact) mass is 272 g/mol. The third-order valence-electron chi connectivity index (χ3n) is 2.99.